The number of nitrogens with zero attached hydrogens (tertiary/aromatic N) is 1. The molecule has 1 aromatic rings. The van der Waals surface area contributed by atoms with E-state index in [-0.39, 0.29) is 23.7 Å². The largest absolute Gasteiger partial charge is 0.508 e. The summed E-state index contributed by atoms with van der Waals surface area (Å²) in [5.74, 6) is 0.446. The number of amides is 1. The van der Waals surface area contributed by atoms with Crippen molar-refractivity contribution in [2.45, 2.75) is 96.6 Å². The summed E-state index contributed by atoms with van der Waals surface area (Å²) in [4.78, 5) is 27.5. The number of esters is 1. The maximum atomic E-state index is 13.2. The van der Waals surface area contributed by atoms with E-state index >= 15 is 0 Å². The monoisotopic (exact) mass is 417 g/mol. The van der Waals surface area contributed by atoms with E-state index < -0.39 is 6.04 Å². The lowest BCUT2D eigenvalue weighted by atomic mass is 9.95. The fourth-order valence-electron chi connectivity index (χ4n) is 4.09. The summed E-state index contributed by atoms with van der Waals surface area (Å²) in [5, 5.41) is 9.55. The Bertz CT molecular complexity index is 658. The topological polar surface area (TPSA) is 66.8 Å². The number of unbranched alkanes of at least 4 members (excludes halogenated alkanes) is 2. The molecule has 0 bridgehead atoms. The zero-order valence-corrected chi connectivity index (χ0v) is 18.9. The van der Waals surface area contributed by atoms with E-state index in [9.17, 15) is 14.7 Å². The number of phenols is 1. The van der Waals surface area contributed by atoms with Crippen molar-refractivity contribution < 1.29 is 19.4 Å². The lowest BCUT2D eigenvalue weighted by Crippen LogP contribution is -2.45. The van der Waals surface area contributed by atoms with E-state index in [1.165, 1.54) is 0 Å². The van der Waals surface area contributed by atoms with Crippen molar-refractivity contribution in [3.63, 3.8) is 0 Å². The van der Waals surface area contributed by atoms with Crippen LogP contribution in [0, 0.1) is 5.92 Å². The third kappa shape index (κ3) is 8.00. The second-order valence-corrected chi connectivity index (χ2v) is 8.87. The van der Waals surface area contributed by atoms with Gasteiger partial charge in [-0.1, -0.05) is 51.7 Å². The molecule has 168 valence electrons. The molecule has 0 radical (unpaired) electrons. The van der Waals surface area contributed by atoms with Gasteiger partial charge in [-0.3, -0.25) is 4.79 Å². The summed E-state index contributed by atoms with van der Waals surface area (Å²) < 4.78 is 6.00. The highest BCUT2D eigenvalue weighted by Crippen LogP contribution is 2.23. The Morgan fingerprint density at radius 1 is 1.07 bits per heavy atom. The summed E-state index contributed by atoms with van der Waals surface area (Å²) in [5.41, 5.74) is 0.898. The van der Waals surface area contributed by atoms with E-state index in [0.717, 1.165) is 63.4 Å². The molecule has 1 N–H and O–H groups in total. The molecule has 0 saturated carbocycles. The predicted molar refractivity (Wildman–Crippen MR) is 119 cm³/mol. The van der Waals surface area contributed by atoms with Gasteiger partial charge in [0.25, 0.3) is 0 Å². The van der Waals surface area contributed by atoms with Crippen molar-refractivity contribution in [2.24, 2.45) is 5.92 Å². The highest BCUT2D eigenvalue weighted by atomic mass is 16.5. The smallest absolute Gasteiger partial charge is 0.329 e. The van der Waals surface area contributed by atoms with Gasteiger partial charge >= 0.3 is 5.97 Å². The number of hydrogen-bond donors (Lipinski definition) is 1. The lowest BCUT2D eigenvalue weighted by Gasteiger charge is -2.29. The number of phenolic OH excluding ortho intramolecular Hbond substituents is 1. The molecule has 1 amide bonds. The quantitative estimate of drug-likeness (QED) is 0.507. The maximum absolute atomic E-state index is 13.2. The first-order valence-electron chi connectivity index (χ1n) is 11.6. The molecular weight excluding hydrogens is 378 g/mol. The molecule has 3 atom stereocenters. The van der Waals surface area contributed by atoms with Crippen LogP contribution in [0.3, 0.4) is 0 Å². The van der Waals surface area contributed by atoms with Crippen molar-refractivity contribution in [3.05, 3.63) is 29.8 Å². The minimum absolute atomic E-state index is 0.00911. The van der Waals surface area contributed by atoms with Crippen LogP contribution in [0.5, 0.6) is 5.75 Å². The van der Waals surface area contributed by atoms with Crippen LogP contribution < -0.4 is 0 Å². The first-order chi connectivity index (χ1) is 14.4. The van der Waals surface area contributed by atoms with Gasteiger partial charge in [0.15, 0.2) is 0 Å². The van der Waals surface area contributed by atoms with Crippen molar-refractivity contribution in [3.8, 4) is 5.75 Å². The number of rotatable bonds is 6. The van der Waals surface area contributed by atoms with E-state index in [1.807, 2.05) is 0 Å². The molecule has 1 aliphatic rings. The number of ether oxygens (including phenoxy) is 1. The zero-order chi connectivity index (χ0) is 21.9. The molecule has 0 aromatic heterocycles. The third-order valence-electron chi connectivity index (χ3n) is 6.23. The number of carbonyl (C=O) groups is 2. The van der Waals surface area contributed by atoms with Crippen molar-refractivity contribution in [1.29, 1.82) is 0 Å². The summed E-state index contributed by atoms with van der Waals surface area (Å²) in [6, 6.07) is 6.16. The Hall–Kier alpha value is -2.04. The number of aromatic hydroxyl groups is 1. The van der Waals surface area contributed by atoms with Crippen LogP contribution in [0.2, 0.25) is 0 Å². The minimum Gasteiger partial charge on any atom is -0.508 e. The standard InChI is InChI=1S/C25H39NO4/c1-4-5-6-10-22-17-12-19(2)9-7-8-11-24(28)26(3)23(25(29)30-22)18-20-13-15-21(27)16-14-20/h13-16,19,22-23,27H,4-12,17-18H2,1-3H3. The summed E-state index contributed by atoms with van der Waals surface area (Å²) in [7, 11) is 1.71. The van der Waals surface area contributed by atoms with Crippen LogP contribution in [0.1, 0.15) is 83.6 Å². The van der Waals surface area contributed by atoms with Crippen LogP contribution in [0.25, 0.3) is 0 Å². The maximum Gasteiger partial charge on any atom is 0.329 e. The Balaban J connectivity index is 2.19. The van der Waals surface area contributed by atoms with Crippen LogP contribution >= 0.6 is 0 Å². The Morgan fingerprint density at radius 3 is 2.50 bits per heavy atom. The number of hydrogen-bond acceptors (Lipinski definition) is 4. The fraction of sp³-hybridized carbons (Fsp3) is 0.680. The second-order valence-electron chi connectivity index (χ2n) is 8.87. The minimum atomic E-state index is -0.645. The van der Waals surface area contributed by atoms with Gasteiger partial charge in [-0.05, 0) is 55.7 Å². The van der Waals surface area contributed by atoms with Crippen LogP contribution in [-0.2, 0) is 20.7 Å². The molecule has 0 spiro atoms. The molecule has 1 fully saturated rings. The van der Waals surface area contributed by atoms with Gasteiger partial charge in [-0.2, -0.15) is 0 Å². The summed E-state index contributed by atoms with van der Waals surface area (Å²) in [6.45, 7) is 4.43. The normalized spacial score (nSPS) is 24.5. The molecular formula is C25H39NO4. The molecule has 5 heteroatoms. The molecule has 1 heterocycles. The summed E-state index contributed by atoms with van der Waals surface area (Å²) in [6.07, 6.45) is 9.93. The lowest BCUT2D eigenvalue weighted by molar-refractivity contribution is -0.159. The Kier molecular flexibility index (Phi) is 10.2. The molecule has 5 nitrogen and oxygen atoms in total. The van der Waals surface area contributed by atoms with Crippen molar-refractivity contribution >= 4 is 11.9 Å². The number of carbonyl (C=O) groups excluding carboxylic acids is 2. The molecule has 1 aromatic carbocycles. The van der Waals surface area contributed by atoms with E-state index in [4.69, 9.17) is 4.74 Å². The van der Waals surface area contributed by atoms with Gasteiger partial charge in [0.05, 0.1) is 0 Å². The van der Waals surface area contributed by atoms with Crippen molar-refractivity contribution in [2.75, 3.05) is 7.05 Å². The van der Waals surface area contributed by atoms with Gasteiger partial charge < -0.3 is 14.7 Å². The summed E-state index contributed by atoms with van der Waals surface area (Å²) >= 11 is 0. The molecule has 1 aliphatic heterocycles. The van der Waals surface area contributed by atoms with E-state index in [0.29, 0.717) is 18.8 Å². The third-order valence-corrected chi connectivity index (χ3v) is 6.23. The van der Waals surface area contributed by atoms with E-state index in [2.05, 4.69) is 13.8 Å². The highest BCUT2D eigenvalue weighted by Gasteiger charge is 2.30. The molecule has 2 rings (SSSR count). The van der Waals surface area contributed by atoms with Crippen LogP contribution in [0.15, 0.2) is 24.3 Å². The Labute approximate surface area is 181 Å². The second kappa shape index (κ2) is 12.6. The number of cyclic esters (lactones) is 1. The average molecular weight is 418 g/mol. The van der Waals surface area contributed by atoms with E-state index in [1.54, 1.807) is 36.2 Å². The molecule has 30 heavy (non-hydrogen) atoms. The number of benzene rings is 1. The van der Waals surface area contributed by atoms with Crippen molar-refractivity contribution in [1.82, 2.24) is 4.90 Å². The first kappa shape index (κ1) is 24.2. The number of likely N-dealkylation sites (N-methyl/N-ethyl adjacent to an activating group) is 1. The van der Waals surface area contributed by atoms with Crippen LogP contribution in [0.4, 0.5) is 0 Å². The Morgan fingerprint density at radius 2 is 1.80 bits per heavy atom. The fourth-order valence-corrected chi connectivity index (χ4v) is 4.09. The predicted octanol–water partition coefficient (Wildman–Crippen LogP) is 5.24. The highest BCUT2D eigenvalue weighted by molar-refractivity contribution is 5.84. The van der Waals surface area contributed by atoms with Gasteiger partial charge in [-0.25, -0.2) is 4.79 Å². The van der Waals surface area contributed by atoms with Gasteiger partial charge in [0.1, 0.15) is 17.9 Å². The molecule has 3 unspecified atom stereocenters. The SMILES string of the molecule is CCCCCC1CCC(C)CCCCC(=O)N(C)C(Cc2ccc(O)cc2)C(=O)O1. The van der Waals surface area contributed by atoms with Crippen LogP contribution in [-0.4, -0.2) is 41.1 Å². The average Bonchev–Trinajstić information content (AvgIpc) is 2.73. The first-order valence-corrected chi connectivity index (χ1v) is 11.6. The zero-order valence-electron chi connectivity index (χ0n) is 18.9. The van der Waals surface area contributed by atoms with Gasteiger partial charge in [0, 0.05) is 19.9 Å². The van der Waals surface area contributed by atoms with Gasteiger partial charge in [0.2, 0.25) is 5.91 Å². The van der Waals surface area contributed by atoms with Gasteiger partial charge in [-0.15, -0.1) is 0 Å². The molecule has 1 saturated heterocycles. The molecule has 0 aliphatic carbocycles.